The summed E-state index contributed by atoms with van der Waals surface area (Å²) in [5.41, 5.74) is 2.82. The average molecular weight is 390 g/mol. The molecular weight excluding hydrogens is 372 g/mol. The van der Waals surface area contributed by atoms with E-state index in [1.807, 2.05) is 24.3 Å². The van der Waals surface area contributed by atoms with E-state index >= 15 is 0 Å². The average Bonchev–Trinajstić information content (AvgIpc) is 3.04. The Morgan fingerprint density at radius 3 is 2.82 bits per heavy atom. The second-order valence-electron chi connectivity index (χ2n) is 6.69. The van der Waals surface area contributed by atoms with Crippen molar-refractivity contribution in [2.24, 2.45) is 0 Å². The van der Waals surface area contributed by atoms with Gasteiger partial charge in [-0.05, 0) is 30.3 Å². The SMILES string of the molecule is Oc1cc(-c2nc3ccccc3s2)cc2c1OCCN(Cc1ncccn1)C2. The molecule has 0 radical (unpaired) electrons. The van der Waals surface area contributed by atoms with E-state index < -0.39 is 0 Å². The van der Waals surface area contributed by atoms with Gasteiger partial charge in [0.1, 0.15) is 17.4 Å². The van der Waals surface area contributed by atoms with Crippen molar-refractivity contribution in [2.75, 3.05) is 13.2 Å². The molecule has 1 N–H and O–H groups in total. The maximum atomic E-state index is 10.6. The van der Waals surface area contributed by atoms with Gasteiger partial charge in [-0.1, -0.05) is 12.1 Å². The number of aromatic nitrogens is 3. The first kappa shape index (κ1) is 17.1. The van der Waals surface area contributed by atoms with Crippen LogP contribution in [-0.4, -0.2) is 38.1 Å². The quantitative estimate of drug-likeness (QED) is 0.573. The van der Waals surface area contributed by atoms with Gasteiger partial charge >= 0.3 is 0 Å². The smallest absolute Gasteiger partial charge is 0.165 e. The van der Waals surface area contributed by atoms with E-state index in [-0.39, 0.29) is 5.75 Å². The largest absolute Gasteiger partial charge is 0.504 e. The number of para-hydroxylation sites is 1. The van der Waals surface area contributed by atoms with Crippen molar-refractivity contribution in [2.45, 2.75) is 13.1 Å². The van der Waals surface area contributed by atoms with Crippen LogP contribution in [0.25, 0.3) is 20.8 Å². The minimum Gasteiger partial charge on any atom is -0.504 e. The third-order valence-electron chi connectivity index (χ3n) is 4.72. The van der Waals surface area contributed by atoms with E-state index in [9.17, 15) is 5.11 Å². The van der Waals surface area contributed by atoms with Crippen LogP contribution in [0.4, 0.5) is 0 Å². The summed E-state index contributed by atoms with van der Waals surface area (Å²) in [5.74, 6) is 1.49. The van der Waals surface area contributed by atoms with Gasteiger partial charge in [-0.15, -0.1) is 11.3 Å². The van der Waals surface area contributed by atoms with Crippen LogP contribution in [0.2, 0.25) is 0 Å². The molecule has 7 heteroatoms. The van der Waals surface area contributed by atoms with Crippen LogP contribution in [0.5, 0.6) is 11.5 Å². The lowest BCUT2D eigenvalue weighted by atomic mass is 10.1. The molecule has 0 spiro atoms. The van der Waals surface area contributed by atoms with Crippen molar-refractivity contribution in [3.8, 4) is 22.1 Å². The summed E-state index contributed by atoms with van der Waals surface area (Å²) in [4.78, 5) is 15.6. The van der Waals surface area contributed by atoms with Crippen LogP contribution in [-0.2, 0) is 13.1 Å². The first-order chi connectivity index (χ1) is 13.8. The molecule has 3 heterocycles. The molecule has 2 aromatic heterocycles. The molecule has 1 aliphatic heterocycles. The maximum Gasteiger partial charge on any atom is 0.165 e. The predicted molar refractivity (Wildman–Crippen MR) is 108 cm³/mol. The molecule has 0 atom stereocenters. The van der Waals surface area contributed by atoms with Crippen molar-refractivity contribution >= 4 is 21.6 Å². The fraction of sp³-hybridized carbons (Fsp3) is 0.190. The van der Waals surface area contributed by atoms with Crippen LogP contribution < -0.4 is 4.74 Å². The zero-order chi connectivity index (χ0) is 18.9. The van der Waals surface area contributed by atoms with Gasteiger partial charge in [0, 0.05) is 36.6 Å². The van der Waals surface area contributed by atoms with Crippen LogP contribution in [0, 0.1) is 0 Å². The highest BCUT2D eigenvalue weighted by Gasteiger charge is 2.21. The molecule has 0 saturated carbocycles. The van der Waals surface area contributed by atoms with Gasteiger partial charge in [-0.3, -0.25) is 4.90 Å². The summed E-state index contributed by atoms with van der Waals surface area (Å²) in [5, 5.41) is 11.5. The zero-order valence-electron chi connectivity index (χ0n) is 15.1. The van der Waals surface area contributed by atoms with Gasteiger partial charge in [-0.2, -0.15) is 0 Å². The van der Waals surface area contributed by atoms with Crippen molar-refractivity contribution < 1.29 is 9.84 Å². The number of nitrogens with zero attached hydrogens (tertiary/aromatic N) is 4. The van der Waals surface area contributed by atoms with Crippen molar-refractivity contribution in [3.63, 3.8) is 0 Å². The molecule has 0 amide bonds. The maximum absolute atomic E-state index is 10.6. The molecule has 2 aromatic carbocycles. The Balaban J connectivity index is 1.49. The van der Waals surface area contributed by atoms with Gasteiger partial charge in [0.2, 0.25) is 0 Å². The van der Waals surface area contributed by atoms with Gasteiger partial charge in [0.15, 0.2) is 11.5 Å². The first-order valence-electron chi connectivity index (χ1n) is 9.09. The highest BCUT2D eigenvalue weighted by Crippen LogP contribution is 2.39. The molecule has 0 saturated heterocycles. The number of aromatic hydroxyl groups is 1. The fourth-order valence-corrected chi connectivity index (χ4v) is 4.37. The summed E-state index contributed by atoms with van der Waals surface area (Å²) in [6.45, 7) is 2.53. The van der Waals surface area contributed by atoms with E-state index in [1.54, 1.807) is 29.8 Å². The molecule has 6 nitrogen and oxygen atoms in total. The lowest BCUT2D eigenvalue weighted by molar-refractivity contribution is 0.213. The van der Waals surface area contributed by atoms with E-state index in [1.165, 1.54) is 0 Å². The molecule has 0 aliphatic carbocycles. The number of hydrogen-bond donors (Lipinski definition) is 1. The Morgan fingerprint density at radius 2 is 1.96 bits per heavy atom. The lowest BCUT2D eigenvalue weighted by Crippen LogP contribution is -2.26. The van der Waals surface area contributed by atoms with Gasteiger partial charge in [-0.25, -0.2) is 15.0 Å². The van der Waals surface area contributed by atoms with E-state index in [2.05, 4.69) is 27.0 Å². The lowest BCUT2D eigenvalue weighted by Gasteiger charge is -2.18. The molecule has 1 aliphatic rings. The molecule has 4 aromatic rings. The number of ether oxygens (including phenoxy) is 1. The van der Waals surface area contributed by atoms with Crippen molar-refractivity contribution in [1.29, 1.82) is 0 Å². The Kier molecular flexibility index (Phi) is 4.38. The van der Waals surface area contributed by atoms with Crippen LogP contribution in [0.1, 0.15) is 11.4 Å². The van der Waals surface area contributed by atoms with E-state index in [0.29, 0.717) is 25.4 Å². The number of benzene rings is 2. The Hall–Kier alpha value is -3.03. The summed E-state index contributed by atoms with van der Waals surface area (Å²) in [7, 11) is 0. The normalized spacial score (nSPS) is 14.4. The number of rotatable bonds is 3. The monoisotopic (exact) mass is 390 g/mol. The number of phenols is 1. The molecule has 5 rings (SSSR count). The minimum atomic E-state index is 0.157. The fourth-order valence-electron chi connectivity index (χ4n) is 3.42. The van der Waals surface area contributed by atoms with E-state index in [0.717, 1.165) is 38.7 Å². The van der Waals surface area contributed by atoms with Crippen LogP contribution in [0.15, 0.2) is 54.9 Å². The predicted octanol–water partition coefficient (Wildman–Crippen LogP) is 3.85. The second kappa shape index (κ2) is 7.18. The number of thiazole rings is 1. The summed E-state index contributed by atoms with van der Waals surface area (Å²) in [6, 6.07) is 13.7. The summed E-state index contributed by atoms with van der Waals surface area (Å²) in [6.07, 6.45) is 3.50. The minimum absolute atomic E-state index is 0.157. The number of phenolic OH excluding ortho intramolecular Hbond substituents is 1. The van der Waals surface area contributed by atoms with Gasteiger partial charge in [0.05, 0.1) is 16.8 Å². The van der Waals surface area contributed by atoms with Gasteiger partial charge < -0.3 is 9.84 Å². The van der Waals surface area contributed by atoms with Gasteiger partial charge in [0.25, 0.3) is 0 Å². The second-order valence-corrected chi connectivity index (χ2v) is 7.73. The van der Waals surface area contributed by atoms with Crippen molar-refractivity contribution in [3.05, 3.63) is 66.2 Å². The summed E-state index contributed by atoms with van der Waals surface area (Å²) < 4.78 is 6.98. The van der Waals surface area contributed by atoms with Crippen molar-refractivity contribution in [1.82, 2.24) is 19.9 Å². The number of fused-ring (bicyclic) bond motifs is 2. The Labute approximate surface area is 166 Å². The molecule has 0 bridgehead atoms. The highest BCUT2D eigenvalue weighted by molar-refractivity contribution is 7.21. The summed E-state index contributed by atoms with van der Waals surface area (Å²) >= 11 is 1.62. The molecule has 28 heavy (non-hydrogen) atoms. The molecule has 140 valence electrons. The molecule has 0 fully saturated rings. The molecule has 0 unspecified atom stereocenters. The highest BCUT2D eigenvalue weighted by atomic mass is 32.1. The molecular formula is C21H18N4O2S. The first-order valence-corrected chi connectivity index (χ1v) is 9.91. The Morgan fingerprint density at radius 1 is 1.11 bits per heavy atom. The Bertz CT molecular complexity index is 1100. The topological polar surface area (TPSA) is 71.4 Å². The van der Waals surface area contributed by atoms with Crippen LogP contribution in [0.3, 0.4) is 0 Å². The third kappa shape index (κ3) is 3.30. The van der Waals surface area contributed by atoms with E-state index in [4.69, 9.17) is 9.72 Å². The number of hydrogen-bond acceptors (Lipinski definition) is 7. The van der Waals surface area contributed by atoms with Crippen LogP contribution >= 0.6 is 11.3 Å². The third-order valence-corrected chi connectivity index (χ3v) is 5.80. The zero-order valence-corrected chi connectivity index (χ0v) is 15.9. The standard InChI is InChI=1S/C21H18N4O2S/c26-17-11-14(21-24-16-4-1-2-5-18(16)28-21)10-15-12-25(8-9-27-20(15)17)13-19-22-6-3-7-23-19/h1-7,10-11,26H,8-9,12-13H2.